The number of para-hydroxylation sites is 3. The molecule has 2 amide bonds. The van der Waals surface area contributed by atoms with Crippen molar-refractivity contribution in [1.29, 1.82) is 0 Å². The van der Waals surface area contributed by atoms with Crippen LogP contribution >= 0.6 is 15.9 Å². The number of rotatable bonds is 4. The number of carbonyl (C=O) groups is 2. The molecule has 2 aliphatic heterocycles. The van der Waals surface area contributed by atoms with Crippen LogP contribution in [0.5, 0.6) is 5.75 Å². The Balaban J connectivity index is 1.65. The van der Waals surface area contributed by atoms with Crippen molar-refractivity contribution >= 4 is 44.8 Å². The van der Waals surface area contributed by atoms with E-state index in [0.29, 0.717) is 17.1 Å². The van der Waals surface area contributed by atoms with E-state index in [9.17, 15) is 9.59 Å². The quantitative estimate of drug-likeness (QED) is 0.529. The van der Waals surface area contributed by atoms with Crippen molar-refractivity contribution in [2.45, 2.75) is 6.04 Å². The second-order valence-corrected chi connectivity index (χ2v) is 8.19. The predicted octanol–water partition coefficient (Wildman–Crippen LogP) is 4.24. The molecule has 6 nitrogen and oxygen atoms in total. The first-order valence-corrected chi connectivity index (χ1v) is 10.6. The van der Waals surface area contributed by atoms with Crippen LogP contribution in [-0.4, -0.2) is 30.7 Å². The van der Waals surface area contributed by atoms with Crippen molar-refractivity contribution in [1.82, 2.24) is 0 Å². The monoisotopic (exact) mass is 475 g/mol. The third kappa shape index (κ3) is 3.13. The Morgan fingerprint density at radius 1 is 0.871 bits per heavy atom. The third-order valence-corrected chi connectivity index (χ3v) is 6.06. The maximum Gasteiger partial charge on any atom is 0.260 e. The summed E-state index contributed by atoms with van der Waals surface area (Å²) in [6.07, 6.45) is 0. The van der Waals surface area contributed by atoms with Crippen molar-refractivity contribution in [3.63, 3.8) is 0 Å². The molecule has 0 spiro atoms. The van der Waals surface area contributed by atoms with Crippen LogP contribution in [0.3, 0.4) is 0 Å². The van der Waals surface area contributed by atoms with E-state index in [1.807, 2.05) is 54.6 Å². The second-order valence-electron chi connectivity index (χ2n) is 7.28. The molecule has 2 aliphatic rings. The Kier molecular flexibility index (Phi) is 4.82. The molecule has 0 aliphatic carbocycles. The molecule has 0 unspecified atom stereocenters. The molecule has 1 fully saturated rings. The lowest BCUT2D eigenvalue weighted by molar-refractivity contribution is -0.121. The first-order valence-electron chi connectivity index (χ1n) is 9.79. The minimum Gasteiger partial charge on any atom is -0.495 e. The van der Waals surface area contributed by atoms with Gasteiger partial charge in [0.25, 0.3) is 5.91 Å². The number of anilines is 2. The van der Waals surface area contributed by atoms with E-state index < -0.39 is 12.0 Å². The molecule has 7 heteroatoms. The molecule has 5 rings (SSSR count). The summed E-state index contributed by atoms with van der Waals surface area (Å²) in [7, 11) is 1.52. The Hall–Kier alpha value is -3.45. The summed E-state index contributed by atoms with van der Waals surface area (Å²) < 4.78 is 6.34. The molecule has 0 N–H and O–H groups in total. The van der Waals surface area contributed by atoms with E-state index in [1.54, 1.807) is 29.3 Å². The maximum absolute atomic E-state index is 13.6. The Bertz CT molecular complexity index is 1190. The van der Waals surface area contributed by atoms with E-state index in [0.717, 1.165) is 15.7 Å². The average Bonchev–Trinajstić information content (AvgIpc) is 3.32. The topological polar surface area (TPSA) is 62.2 Å². The molecule has 2 heterocycles. The number of ether oxygens (including phenoxy) is 1. The molecule has 0 aromatic heterocycles. The summed E-state index contributed by atoms with van der Waals surface area (Å²) in [4.78, 5) is 28.5. The number of hydrogen-bond acceptors (Lipinski definition) is 5. The number of hydrogen-bond donors (Lipinski definition) is 0. The average molecular weight is 476 g/mol. The Morgan fingerprint density at radius 2 is 1.55 bits per heavy atom. The van der Waals surface area contributed by atoms with Crippen LogP contribution in [-0.2, 0) is 9.59 Å². The van der Waals surface area contributed by atoms with Crippen LogP contribution in [0.15, 0.2) is 88.4 Å². The Morgan fingerprint density at radius 3 is 2.26 bits per heavy atom. The number of hydrazone groups is 1. The lowest BCUT2D eigenvalue weighted by Crippen LogP contribution is -2.39. The highest BCUT2D eigenvalue weighted by Crippen LogP contribution is 2.41. The van der Waals surface area contributed by atoms with Gasteiger partial charge >= 0.3 is 0 Å². The summed E-state index contributed by atoms with van der Waals surface area (Å²) in [6, 6.07) is 23.3. The van der Waals surface area contributed by atoms with Gasteiger partial charge in [0.05, 0.1) is 24.2 Å². The van der Waals surface area contributed by atoms with Gasteiger partial charge in [0.1, 0.15) is 17.7 Å². The predicted molar refractivity (Wildman–Crippen MR) is 122 cm³/mol. The SMILES string of the molecule is COc1ccccc1N1C(=O)[C@H]2C(c3ccc(Br)cc3)=NN(c3ccccc3)[C@H]2C1=O. The van der Waals surface area contributed by atoms with E-state index in [-0.39, 0.29) is 11.8 Å². The summed E-state index contributed by atoms with van der Waals surface area (Å²) in [5.41, 5.74) is 2.59. The molecular formula is C24H18BrN3O3. The van der Waals surface area contributed by atoms with E-state index >= 15 is 0 Å². The number of nitrogens with zero attached hydrogens (tertiary/aromatic N) is 3. The van der Waals surface area contributed by atoms with E-state index in [1.165, 1.54) is 12.0 Å². The fraction of sp³-hybridized carbons (Fsp3) is 0.125. The number of methoxy groups -OCH3 is 1. The molecule has 154 valence electrons. The van der Waals surface area contributed by atoms with Gasteiger partial charge in [-0.25, -0.2) is 4.90 Å². The van der Waals surface area contributed by atoms with Gasteiger partial charge in [0, 0.05) is 4.47 Å². The van der Waals surface area contributed by atoms with Crippen molar-refractivity contribution in [2.24, 2.45) is 11.0 Å². The number of halogens is 1. The van der Waals surface area contributed by atoms with Crippen LogP contribution in [0.1, 0.15) is 5.56 Å². The van der Waals surface area contributed by atoms with Gasteiger partial charge in [-0.05, 0) is 42.0 Å². The molecule has 3 aromatic rings. The van der Waals surface area contributed by atoms with Crippen LogP contribution in [0.25, 0.3) is 0 Å². The molecule has 0 radical (unpaired) electrons. The normalized spacial score (nSPS) is 20.1. The largest absolute Gasteiger partial charge is 0.495 e. The summed E-state index contributed by atoms with van der Waals surface area (Å²) in [6.45, 7) is 0. The van der Waals surface area contributed by atoms with E-state index in [2.05, 4.69) is 15.9 Å². The fourth-order valence-corrected chi connectivity index (χ4v) is 4.38. The molecule has 2 atom stereocenters. The minimum absolute atomic E-state index is 0.306. The van der Waals surface area contributed by atoms with Gasteiger partial charge in [-0.3, -0.25) is 14.6 Å². The standard InChI is InChI=1S/C24H18BrN3O3/c1-31-19-10-6-5-9-18(19)27-23(29)20-21(15-11-13-16(25)14-12-15)26-28(22(20)24(27)30)17-7-3-2-4-8-17/h2-14,20,22H,1H3/t20-,22+/m0/s1. The lowest BCUT2D eigenvalue weighted by Gasteiger charge is -2.22. The lowest BCUT2D eigenvalue weighted by atomic mass is 9.93. The van der Waals surface area contributed by atoms with Crippen molar-refractivity contribution in [3.05, 3.63) is 88.9 Å². The first kappa shape index (κ1) is 19.5. The van der Waals surface area contributed by atoms with Gasteiger partial charge < -0.3 is 4.74 Å². The fourth-order valence-electron chi connectivity index (χ4n) is 4.12. The smallest absolute Gasteiger partial charge is 0.260 e. The molecule has 0 bridgehead atoms. The summed E-state index contributed by atoms with van der Waals surface area (Å²) >= 11 is 3.44. The highest BCUT2D eigenvalue weighted by molar-refractivity contribution is 9.10. The number of amides is 2. The van der Waals surface area contributed by atoms with Crippen LogP contribution < -0.4 is 14.6 Å². The third-order valence-electron chi connectivity index (χ3n) is 5.54. The summed E-state index contributed by atoms with van der Waals surface area (Å²) in [5, 5.41) is 6.41. The van der Waals surface area contributed by atoms with Gasteiger partial charge in [-0.2, -0.15) is 5.10 Å². The zero-order valence-corrected chi connectivity index (χ0v) is 18.2. The number of imide groups is 1. The number of carbonyl (C=O) groups excluding carboxylic acids is 2. The van der Waals surface area contributed by atoms with Gasteiger partial charge in [-0.15, -0.1) is 0 Å². The van der Waals surface area contributed by atoms with Crippen molar-refractivity contribution in [2.75, 3.05) is 17.0 Å². The molecule has 1 saturated heterocycles. The van der Waals surface area contributed by atoms with Crippen molar-refractivity contribution in [3.8, 4) is 5.75 Å². The van der Waals surface area contributed by atoms with Crippen LogP contribution in [0.2, 0.25) is 0 Å². The molecule has 31 heavy (non-hydrogen) atoms. The second kappa shape index (κ2) is 7.67. The van der Waals surface area contributed by atoms with Gasteiger partial charge in [-0.1, -0.05) is 58.4 Å². The van der Waals surface area contributed by atoms with Gasteiger partial charge in [0.15, 0.2) is 0 Å². The van der Waals surface area contributed by atoms with Crippen molar-refractivity contribution < 1.29 is 14.3 Å². The van der Waals surface area contributed by atoms with Crippen LogP contribution in [0.4, 0.5) is 11.4 Å². The molecule has 0 saturated carbocycles. The Labute approximate surface area is 187 Å². The zero-order chi connectivity index (χ0) is 21.5. The van der Waals surface area contributed by atoms with E-state index in [4.69, 9.17) is 9.84 Å². The summed E-state index contributed by atoms with van der Waals surface area (Å²) in [5.74, 6) is -0.866. The first-order chi connectivity index (χ1) is 15.1. The maximum atomic E-state index is 13.6. The zero-order valence-electron chi connectivity index (χ0n) is 16.6. The minimum atomic E-state index is -0.751. The highest BCUT2D eigenvalue weighted by atomic mass is 79.9. The molecular weight excluding hydrogens is 458 g/mol. The highest BCUT2D eigenvalue weighted by Gasteiger charge is 2.57. The number of benzene rings is 3. The number of fused-ring (bicyclic) bond motifs is 1. The molecule has 3 aromatic carbocycles. The van der Waals surface area contributed by atoms with Gasteiger partial charge in [0.2, 0.25) is 5.91 Å². The van der Waals surface area contributed by atoms with Crippen LogP contribution in [0, 0.1) is 5.92 Å².